The maximum absolute atomic E-state index is 13.6. The number of aromatic amines is 1. The van der Waals surface area contributed by atoms with Crippen LogP contribution in [0.1, 0.15) is 18.4 Å². The van der Waals surface area contributed by atoms with Crippen LogP contribution in [0.2, 0.25) is 0 Å². The Morgan fingerprint density at radius 3 is 2.84 bits per heavy atom. The Bertz CT molecular complexity index is 592. The van der Waals surface area contributed by atoms with Gasteiger partial charge in [0.2, 0.25) is 11.9 Å². The highest BCUT2D eigenvalue weighted by atomic mass is 19.1. The molecule has 6 heteroatoms. The Morgan fingerprint density at radius 1 is 1.42 bits per heavy atom. The summed E-state index contributed by atoms with van der Waals surface area (Å²) in [5.41, 5.74) is 0.0716. The molecule has 3 rings (SSSR count). The number of hydrogen-bond acceptors (Lipinski definition) is 3. The molecule has 1 aliphatic rings. The smallest absolute Gasteiger partial charge is 0.233 e. The van der Waals surface area contributed by atoms with Crippen molar-refractivity contribution >= 4 is 11.9 Å². The van der Waals surface area contributed by atoms with Crippen LogP contribution in [-0.2, 0) is 11.2 Å². The lowest BCUT2D eigenvalue weighted by Gasteiger charge is -2.14. The van der Waals surface area contributed by atoms with Gasteiger partial charge in [-0.15, -0.1) is 0 Å². The van der Waals surface area contributed by atoms with Gasteiger partial charge in [-0.3, -0.25) is 10.1 Å². The number of halogens is 1. The molecule has 0 spiro atoms. The molecule has 0 aliphatic heterocycles. The fourth-order valence-corrected chi connectivity index (χ4v) is 2.15. The first-order valence-electron chi connectivity index (χ1n) is 6.10. The zero-order valence-electron chi connectivity index (χ0n) is 10.2. The number of aromatic nitrogens is 3. The summed E-state index contributed by atoms with van der Waals surface area (Å²) >= 11 is 0. The lowest BCUT2D eigenvalue weighted by Crippen LogP contribution is -2.27. The van der Waals surface area contributed by atoms with E-state index in [1.165, 1.54) is 12.4 Å². The van der Waals surface area contributed by atoms with Crippen LogP contribution in [0.3, 0.4) is 0 Å². The first-order chi connectivity index (χ1) is 9.20. The molecule has 1 aromatic heterocycles. The fraction of sp³-hybridized carbons (Fsp3) is 0.308. The summed E-state index contributed by atoms with van der Waals surface area (Å²) in [5.74, 6) is -0.0708. The van der Waals surface area contributed by atoms with E-state index in [1.54, 1.807) is 18.2 Å². The summed E-state index contributed by atoms with van der Waals surface area (Å²) in [6.45, 7) is 0. The summed E-state index contributed by atoms with van der Waals surface area (Å²) < 4.78 is 13.6. The second kappa shape index (κ2) is 4.46. The van der Waals surface area contributed by atoms with Gasteiger partial charge in [0.15, 0.2) is 0 Å². The van der Waals surface area contributed by atoms with E-state index in [4.69, 9.17) is 0 Å². The summed E-state index contributed by atoms with van der Waals surface area (Å²) in [6, 6.07) is 6.56. The van der Waals surface area contributed by atoms with Crippen LogP contribution >= 0.6 is 0 Å². The van der Waals surface area contributed by atoms with Crippen molar-refractivity contribution in [2.45, 2.75) is 19.3 Å². The molecule has 5 nitrogen and oxygen atoms in total. The number of rotatable bonds is 4. The van der Waals surface area contributed by atoms with Gasteiger partial charge >= 0.3 is 0 Å². The maximum Gasteiger partial charge on any atom is 0.233 e. The molecule has 1 heterocycles. The normalized spacial score (nSPS) is 16.1. The number of carbonyl (C=O) groups excluding carboxylic acids is 1. The number of nitrogens with one attached hydrogen (secondary N) is 2. The molecule has 98 valence electrons. The number of anilines is 1. The third-order valence-electron chi connectivity index (χ3n) is 3.47. The molecule has 0 radical (unpaired) electrons. The van der Waals surface area contributed by atoms with Gasteiger partial charge in [0.05, 0.1) is 5.41 Å². The molecule has 1 aromatic carbocycles. The quantitative estimate of drug-likeness (QED) is 0.882. The van der Waals surface area contributed by atoms with Gasteiger partial charge in [-0.2, -0.15) is 10.1 Å². The molecule has 1 saturated carbocycles. The number of H-pyrrole nitrogens is 1. The summed E-state index contributed by atoms with van der Waals surface area (Å²) in [7, 11) is 0. The van der Waals surface area contributed by atoms with E-state index in [-0.39, 0.29) is 11.7 Å². The second-order valence-corrected chi connectivity index (χ2v) is 4.84. The minimum absolute atomic E-state index is 0.132. The van der Waals surface area contributed by atoms with Crippen LogP contribution < -0.4 is 5.32 Å². The van der Waals surface area contributed by atoms with Gasteiger partial charge in [0.1, 0.15) is 12.1 Å². The van der Waals surface area contributed by atoms with Crippen molar-refractivity contribution < 1.29 is 9.18 Å². The van der Waals surface area contributed by atoms with Crippen LogP contribution in [-0.4, -0.2) is 21.1 Å². The number of benzene rings is 1. The standard InChI is InChI=1S/C13H13FN4O/c14-10-4-2-1-3-9(10)7-13(5-6-13)11(19)17-12-15-8-16-18-12/h1-4,8H,5-7H2,(H2,15,16,17,18,19). The molecule has 2 aromatic rings. The molecule has 0 unspecified atom stereocenters. The minimum atomic E-state index is -0.505. The zero-order chi connectivity index (χ0) is 13.3. The van der Waals surface area contributed by atoms with E-state index in [2.05, 4.69) is 20.5 Å². The van der Waals surface area contributed by atoms with Gasteiger partial charge in [0.25, 0.3) is 0 Å². The highest BCUT2D eigenvalue weighted by Crippen LogP contribution is 2.49. The van der Waals surface area contributed by atoms with Crippen molar-refractivity contribution in [1.82, 2.24) is 15.2 Å². The van der Waals surface area contributed by atoms with Crippen LogP contribution in [0.15, 0.2) is 30.6 Å². The summed E-state index contributed by atoms with van der Waals surface area (Å²) in [6.07, 6.45) is 3.27. The largest absolute Gasteiger partial charge is 0.294 e. The lowest BCUT2D eigenvalue weighted by molar-refractivity contribution is -0.121. The number of amides is 1. The molecule has 19 heavy (non-hydrogen) atoms. The molecular formula is C13H13FN4O. The zero-order valence-corrected chi connectivity index (χ0v) is 10.2. The van der Waals surface area contributed by atoms with Crippen LogP contribution in [0.4, 0.5) is 10.3 Å². The summed E-state index contributed by atoms with van der Waals surface area (Å²) in [5, 5.41) is 8.91. The molecule has 1 aliphatic carbocycles. The Labute approximate surface area is 109 Å². The SMILES string of the molecule is O=C(Nc1ncn[nH]1)C1(Cc2ccccc2F)CC1. The van der Waals surface area contributed by atoms with Crippen molar-refractivity contribution in [3.05, 3.63) is 42.0 Å². The predicted octanol–water partition coefficient (Wildman–Crippen LogP) is 1.91. The highest BCUT2D eigenvalue weighted by molar-refractivity contribution is 5.96. The van der Waals surface area contributed by atoms with Gasteiger partial charge in [0, 0.05) is 0 Å². The number of carbonyl (C=O) groups is 1. The van der Waals surface area contributed by atoms with Gasteiger partial charge in [-0.1, -0.05) is 18.2 Å². The third-order valence-corrected chi connectivity index (χ3v) is 3.47. The van der Waals surface area contributed by atoms with Crippen LogP contribution in [0.25, 0.3) is 0 Å². The van der Waals surface area contributed by atoms with E-state index in [1.807, 2.05) is 0 Å². The van der Waals surface area contributed by atoms with Crippen molar-refractivity contribution in [2.75, 3.05) is 5.32 Å². The average molecular weight is 260 g/mol. The maximum atomic E-state index is 13.6. The van der Waals surface area contributed by atoms with Crippen LogP contribution in [0, 0.1) is 11.2 Å². The predicted molar refractivity (Wildman–Crippen MR) is 66.8 cm³/mol. The summed E-state index contributed by atoms with van der Waals surface area (Å²) in [4.78, 5) is 16.0. The highest BCUT2D eigenvalue weighted by Gasteiger charge is 2.50. The fourth-order valence-electron chi connectivity index (χ4n) is 2.15. The Balaban J connectivity index is 1.73. The molecule has 1 amide bonds. The number of nitrogens with zero attached hydrogens (tertiary/aromatic N) is 2. The molecule has 1 fully saturated rings. The molecule has 0 bridgehead atoms. The Kier molecular flexibility index (Phi) is 2.77. The van der Waals surface area contributed by atoms with E-state index < -0.39 is 5.41 Å². The minimum Gasteiger partial charge on any atom is -0.294 e. The van der Waals surface area contributed by atoms with Crippen molar-refractivity contribution in [1.29, 1.82) is 0 Å². The van der Waals surface area contributed by atoms with E-state index in [9.17, 15) is 9.18 Å². The van der Waals surface area contributed by atoms with E-state index in [0.717, 1.165) is 12.8 Å². The van der Waals surface area contributed by atoms with Crippen LogP contribution in [0.5, 0.6) is 0 Å². The molecule has 2 N–H and O–H groups in total. The first-order valence-corrected chi connectivity index (χ1v) is 6.10. The first kappa shape index (κ1) is 11.8. The van der Waals surface area contributed by atoms with Gasteiger partial charge in [-0.25, -0.2) is 9.49 Å². The van der Waals surface area contributed by atoms with Crippen molar-refractivity contribution in [3.8, 4) is 0 Å². The third kappa shape index (κ3) is 2.33. The molecular weight excluding hydrogens is 247 g/mol. The Morgan fingerprint density at radius 2 is 2.21 bits per heavy atom. The Hall–Kier alpha value is -2.24. The molecule has 0 saturated heterocycles. The van der Waals surface area contributed by atoms with E-state index in [0.29, 0.717) is 17.9 Å². The van der Waals surface area contributed by atoms with Crippen molar-refractivity contribution in [3.63, 3.8) is 0 Å². The van der Waals surface area contributed by atoms with Gasteiger partial charge in [-0.05, 0) is 30.9 Å². The second-order valence-electron chi connectivity index (χ2n) is 4.84. The monoisotopic (exact) mass is 260 g/mol. The average Bonchev–Trinajstić information content (AvgIpc) is 3.01. The topological polar surface area (TPSA) is 70.7 Å². The molecule has 0 atom stereocenters. The lowest BCUT2D eigenvalue weighted by atomic mass is 9.95. The number of hydrogen-bond donors (Lipinski definition) is 2. The van der Waals surface area contributed by atoms with Crippen molar-refractivity contribution in [2.24, 2.45) is 5.41 Å². The van der Waals surface area contributed by atoms with E-state index >= 15 is 0 Å². The van der Waals surface area contributed by atoms with Gasteiger partial charge < -0.3 is 0 Å².